The molecule has 5 heteroatoms. The van der Waals surface area contributed by atoms with E-state index in [0.29, 0.717) is 13.2 Å². The summed E-state index contributed by atoms with van der Waals surface area (Å²) in [5.74, 6) is -0.0892. The van der Waals surface area contributed by atoms with Gasteiger partial charge in [-0.15, -0.1) is 0 Å². The fraction of sp³-hybridized carbons (Fsp3) is 0.462. The SMILES string of the molecule is Cc1ccc(Br)cc1NC(=O)C1(C)COCC1N. The molecule has 1 aliphatic heterocycles. The van der Waals surface area contributed by atoms with Gasteiger partial charge in [-0.1, -0.05) is 22.0 Å². The number of halogens is 1. The van der Waals surface area contributed by atoms with Gasteiger partial charge in [-0.3, -0.25) is 4.79 Å². The van der Waals surface area contributed by atoms with Crippen molar-refractivity contribution in [1.29, 1.82) is 0 Å². The molecule has 1 heterocycles. The van der Waals surface area contributed by atoms with Crippen molar-refractivity contribution < 1.29 is 9.53 Å². The minimum atomic E-state index is -0.658. The molecule has 0 aliphatic carbocycles. The summed E-state index contributed by atoms with van der Waals surface area (Å²) in [5, 5.41) is 2.93. The third-order valence-corrected chi connectivity index (χ3v) is 3.98. The van der Waals surface area contributed by atoms with Crippen molar-refractivity contribution in [3.05, 3.63) is 28.2 Å². The van der Waals surface area contributed by atoms with E-state index < -0.39 is 5.41 Å². The van der Waals surface area contributed by atoms with Gasteiger partial charge in [0.05, 0.1) is 18.6 Å². The number of carbonyl (C=O) groups is 1. The fourth-order valence-corrected chi connectivity index (χ4v) is 2.28. The zero-order valence-electron chi connectivity index (χ0n) is 10.5. The first-order valence-corrected chi connectivity index (χ1v) is 6.64. The third-order valence-electron chi connectivity index (χ3n) is 3.48. The number of benzene rings is 1. The van der Waals surface area contributed by atoms with Crippen molar-refractivity contribution in [3.63, 3.8) is 0 Å². The molecule has 0 spiro atoms. The molecule has 2 atom stereocenters. The van der Waals surface area contributed by atoms with Crippen LogP contribution >= 0.6 is 15.9 Å². The van der Waals surface area contributed by atoms with Gasteiger partial charge in [0, 0.05) is 16.2 Å². The van der Waals surface area contributed by atoms with E-state index in [-0.39, 0.29) is 11.9 Å². The molecule has 2 rings (SSSR count). The molecule has 0 saturated carbocycles. The summed E-state index contributed by atoms with van der Waals surface area (Å²) in [5.41, 5.74) is 7.10. The summed E-state index contributed by atoms with van der Waals surface area (Å²) in [4.78, 5) is 12.3. The van der Waals surface area contributed by atoms with Crippen molar-refractivity contribution in [2.24, 2.45) is 11.1 Å². The van der Waals surface area contributed by atoms with Crippen LogP contribution in [0, 0.1) is 12.3 Å². The van der Waals surface area contributed by atoms with Crippen molar-refractivity contribution in [2.75, 3.05) is 18.5 Å². The van der Waals surface area contributed by atoms with Crippen molar-refractivity contribution in [2.45, 2.75) is 19.9 Å². The molecule has 1 aliphatic rings. The summed E-state index contributed by atoms with van der Waals surface area (Å²) in [7, 11) is 0. The second kappa shape index (κ2) is 4.99. The van der Waals surface area contributed by atoms with E-state index in [4.69, 9.17) is 10.5 Å². The highest BCUT2D eigenvalue weighted by molar-refractivity contribution is 9.10. The van der Waals surface area contributed by atoms with Crippen LogP contribution < -0.4 is 11.1 Å². The standard InChI is InChI=1S/C13H17BrN2O2/c1-8-3-4-9(14)5-10(8)16-12(17)13(2)7-18-6-11(13)15/h3-5,11H,6-7,15H2,1-2H3,(H,16,17). The van der Waals surface area contributed by atoms with Crippen molar-refractivity contribution in [3.8, 4) is 0 Å². The van der Waals surface area contributed by atoms with Gasteiger partial charge in [-0.05, 0) is 31.5 Å². The quantitative estimate of drug-likeness (QED) is 0.878. The van der Waals surface area contributed by atoms with Gasteiger partial charge in [0.2, 0.25) is 5.91 Å². The normalized spacial score (nSPS) is 27.2. The first-order chi connectivity index (χ1) is 8.43. The maximum Gasteiger partial charge on any atom is 0.234 e. The molecular formula is C13H17BrN2O2. The van der Waals surface area contributed by atoms with Gasteiger partial charge in [-0.2, -0.15) is 0 Å². The Morgan fingerprint density at radius 1 is 1.61 bits per heavy atom. The lowest BCUT2D eigenvalue weighted by Gasteiger charge is -2.25. The largest absolute Gasteiger partial charge is 0.379 e. The van der Waals surface area contributed by atoms with E-state index in [2.05, 4.69) is 21.2 Å². The number of rotatable bonds is 2. The summed E-state index contributed by atoms with van der Waals surface area (Å²) < 4.78 is 6.22. The first-order valence-electron chi connectivity index (χ1n) is 5.84. The lowest BCUT2D eigenvalue weighted by molar-refractivity contribution is -0.125. The summed E-state index contributed by atoms with van der Waals surface area (Å²) in [6.45, 7) is 4.59. The van der Waals surface area contributed by atoms with Gasteiger partial charge >= 0.3 is 0 Å². The number of nitrogens with one attached hydrogen (secondary N) is 1. The molecule has 18 heavy (non-hydrogen) atoms. The molecular weight excluding hydrogens is 296 g/mol. The number of amides is 1. The van der Waals surface area contributed by atoms with Crippen LogP contribution in [0.25, 0.3) is 0 Å². The number of anilines is 1. The van der Waals surface area contributed by atoms with E-state index in [0.717, 1.165) is 15.7 Å². The Kier molecular flexibility index (Phi) is 3.75. The molecule has 1 saturated heterocycles. The molecule has 4 nitrogen and oxygen atoms in total. The van der Waals surface area contributed by atoms with E-state index in [1.807, 2.05) is 32.0 Å². The molecule has 98 valence electrons. The average molecular weight is 313 g/mol. The summed E-state index contributed by atoms with van der Waals surface area (Å²) in [6, 6.07) is 5.52. The zero-order chi connectivity index (χ0) is 13.3. The van der Waals surface area contributed by atoms with E-state index in [9.17, 15) is 4.79 Å². The lowest BCUT2D eigenvalue weighted by Crippen LogP contribution is -2.47. The van der Waals surface area contributed by atoms with Crippen LogP contribution in [0.5, 0.6) is 0 Å². The topological polar surface area (TPSA) is 64.3 Å². The Bertz CT molecular complexity index is 478. The Hall–Kier alpha value is -0.910. The molecule has 1 aromatic carbocycles. The minimum absolute atomic E-state index is 0.0892. The molecule has 1 aromatic rings. The molecule has 0 aromatic heterocycles. The fourth-order valence-electron chi connectivity index (χ4n) is 1.92. The molecule has 0 bridgehead atoms. The Morgan fingerprint density at radius 2 is 2.33 bits per heavy atom. The highest BCUT2D eigenvalue weighted by Crippen LogP contribution is 2.30. The van der Waals surface area contributed by atoms with Crippen LogP contribution in [-0.2, 0) is 9.53 Å². The Morgan fingerprint density at radius 3 is 2.94 bits per heavy atom. The molecule has 3 N–H and O–H groups in total. The van der Waals surface area contributed by atoms with Gasteiger partial charge in [0.15, 0.2) is 0 Å². The lowest BCUT2D eigenvalue weighted by atomic mass is 9.84. The minimum Gasteiger partial charge on any atom is -0.379 e. The Balaban J connectivity index is 2.19. The van der Waals surface area contributed by atoms with Crippen LogP contribution in [-0.4, -0.2) is 25.2 Å². The number of hydrogen-bond donors (Lipinski definition) is 2. The zero-order valence-corrected chi connectivity index (χ0v) is 12.1. The third kappa shape index (κ3) is 2.43. The number of ether oxygens (including phenoxy) is 1. The van der Waals surface area contributed by atoms with Gasteiger partial charge in [0.1, 0.15) is 0 Å². The van der Waals surface area contributed by atoms with Crippen molar-refractivity contribution in [1.82, 2.24) is 0 Å². The number of hydrogen-bond acceptors (Lipinski definition) is 3. The van der Waals surface area contributed by atoms with Gasteiger partial charge < -0.3 is 15.8 Å². The maximum atomic E-state index is 12.3. The Labute approximate surface area is 115 Å². The summed E-state index contributed by atoms with van der Waals surface area (Å²) in [6.07, 6.45) is 0. The predicted octanol–water partition coefficient (Wildman–Crippen LogP) is 2.06. The summed E-state index contributed by atoms with van der Waals surface area (Å²) >= 11 is 3.39. The van der Waals surface area contributed by atoms with Gasteiger partial charge in [-0.25, -0.2) is 0 Å². The van der Waals surface area contributed by atoms with E-state index in [1.54, 1.807) is 0 Å². The van der Waals surface area contributed by atoms with Crippen LogP contribution in [0.3, 0.4) is 0 Å². The van der Waals surface area contributed by atoms with Crippen LogP contribution in [0.4, 0.5) is 5.69 Å². The molecule has 1 fully saturated rings. The van der Waals surface area contributed by atoms with E-state index >= 15 is 0 Å². The first kappa shape index (κ1) is 13.5. The van der Waals surface area contributed by atoms with Gasteiger partial charge in [0.25, 0.3) is 0 Å². The number of aryl methyl sites for hydroxylation is 1. The molecule has 2 unspecified atom stereocenters. The predicted molar refractivity (Wildman–Crippen MR) is 74.4 cm³/mol. The molecule has 0 radical (unpaired) electrons. The van der Waals surface area contributed by atoms with Crippen molar-refractivity contribution >= 4 is 27.5 Å². The van der Waals surface area contributed by atoms with Crippen LogP contribution in [0.2, 0.25) is 0 Å². The second-order valence-electron chi connectivity index (χ2n) is 4.95. The maximum absolute atomic E-state index is 12.3. The number of nitrogens with two attached hydrogens (primary N) is 1. The highest BCUT2D eigenvalue weighted by Gasteiger charge is 2.44. The van der Waals surface area contributed by atoms with Crippen LogP contribution in [0.1, 0.15) is 12.5 Å². The second-order valence-corrected chi connectivity index (χ2v) is 5.87. The van der Waals surface area contributed by atoms with E-state index in [1.165, 1.54) is 0 Å². The smallest absolute Gasteiger partial charge is 0.234 e. The van der Waals surface area contributed by atoms with Crippen LogP contribution in [0.15, 0.2) is 22.7 Å². The average Bonchev–Trinajstić information content (AvgIpc) is 2.66. The molecule has 1 amide bonds. The monoisotopic (exact) mass is 312 g/mol. The highest BCUT2D eigenvalue weighted by atomic mass is 79.9. The number of carbonyl (C=O) groups excluding carboxylic acids is 1.